The Kier molecular flexibility index (Phi) is 6.62. The largest absolute Gasteiger partial charge is 0.417 e. The van der Waals surface area contributed by atoms with Crippen LogP contribution in [-0.2, 0) is 6.18 Å². The smallest absolute Gasteiger partial charge is 0.367 e. The number of hydrogen-bond acceptors (Lipinski definition) is 5. The number of pyridine rings is 2. The van der Waals surface area contributed by atoms with Gasteiger partial charge >= 0.3 is 6.18 Å². The number of halogens is 4. The number of aromatic amines is 1. The summed E-state index contributed by atoms with van der Waals surface area (Å²) >= 11 is 0. The summed E-state index contributed by atoms with van der Waals surface area (Å²) in [6.45, 7) is 4.90. The number of piperazine rings is 1. The van der Waals surface area contributed by atoms with Crippen LogP contribution in [0.2, 0.25) is 0 Å². The van der Waals surface area contributed by atoms with Gasteiger partial charge in [0, 0.05) is 55.4 Å². The Balaban J connectivity index is 1.80. The number of aromatic nitrogens is 2. The van der Waals surface area contributed by atoms with E-state index in [9.17, 15) is 22.8 Å². The van der Waals surface area contributed by atoms with Crippen molar-refractivity contribution < 1.29 is 22.4 Å². The van der Waals surface area contributed by atoms with Crippen LogP contribution in [0.25, 0.3) is 11.1 Å². The van der Waals surface area contributed by atoms with Gasteiger partial charge in [-0.2, -0.15) is 13.2 Å². The molecule has 2 aromatic heterocycles. The number of anilines is 2. The van der Waals surface area contributed by atoms with Crippen molar-refractivity contribution in [2.75, 3.05) is 23.3 Å². The molecule has 1 saturated heterocycles. The fourth-order valence-electron chi connectivity index (χ4n) is 4.28. The molecule has 0 saturated carbocycles. The van der Waals surface area contributed by atoms with E-state index in [1.807, 2.05) is 18.7 Å². The second-order valence-electron chi connectivity index (χ2n) is 8.54. The topological polar surface area (TPSA) is 90.1 Å². The maximum Gasteiger partial charge on any atom is 0.417 e. The van der Waals surface area contributed by atoms with Gasteiger partial charge in [-0.15, -0.1) is 0 Å². The second kappa shape index (κ2) is 9.49. The van der Waals surface area contributed by atoms with E-state index in [1.54, 1.807) is 12.1 Å². The molecule has 0 bridgehead atoms. The van der Waals surface area contributed by atoms with Crippen LogP contribution in [0.15, 0.2) is 53.7 Å². The van der Waals surface area contributed by atoms with Gasteiger partial charge in [0.1, 0.15) is 5.82 Å². The Labute approximate surface area is 198 Å². The first-order valence-electron chi connectivity index (χ1n) is 10.9. The van der Waals surface area contributed by atoms with Crippen molar-refractivity contribution in [2.24, 2.45) is 0 Å². The summed E-state index contributed by atoms with van der Waals surface area (Å²) < 4.78 is 55.8. The molecule has 2 atom stereocenters. The molecular weight excluding hydrogens is 466 g/mol. The van der Waals surface area contributed by atoms with Crippen LogP contribution in [0.4, 0.5) is 28.9 Å². The third-order valence-corrected chi connectivity index (χ3v) is 5.70. The summed E-state index contributed by atoms with van der Waals surface area (Å²) in [6, 6.07) is 6.29. The molecule has 0 spiro atoms. The lowest BCUT2D eigenvalue weighted by Gasteiger charge is -2.38. The highest BCUT2D eigenvalue weighted by molar-refractivity contribution is 6.07. The van der Waals surface area contributed by atoms with Gasteiger partial charge in [-0.3, -0.25) is 14.6 Å². The molecule has 3 N–H and O–H groups in total. The summed E-state index contributed by atoms with van der Waals surface area (Å²) in [4.78, 5) is 32.4. The molecule has 1 amide bonds. The number of alkyl halides is 3. The zero-order valence-electron chi connectivity index (χ0n) is 18.9. The predicted molar refractivity (Wildman–Crippen MR) is 124 cm³/mol. The van der Waals surface area contributed by atoms with Crippen molar-refractivity contribution in [3.05, 3.63) is 76.2 Å². The van der Waals surface area contributed by atoms with Gasteiger partial charge in [0.05, 0.1) is 22.5 Å². The first kappa shape index (κ1) is 24.4. The number of rotatable bonds is 4. The average Bonchev–Trinajstić information content (AvgIpc) is 2.79. The molecule has 7 nitrogen and oxygen atoms in total. The van der Waals surface area contributed by atoms with Gasteiger partial charge in [0.15, 0.2) is 0 Å². The van der Waals surface area contributed by atoms with Crippen LogP contribution in [0.3, 0.4) is 0 Å². The fraction of sp³-hybridized carbons (Fsp3) is 0.292. The van der Waals surface area contributed by atoms with Crippen LogP contribution >= 0.6 is 0 Å². The molecular formula is C24H23F4N5O2. The van der Waals surface area contributed by atoms with Crippen molar-refractivity contribution in [1.29, 1.82) is 0 Å². The highest BCUT2D eigenvalue weighted by atomic mass is 19.4. The van der Waals surface area contributed by atoms with Crippen LogP contribution in [0.1, 0.15) is 29.8 Å². The lowest BCUT2D eigenvalue weighted by molar-refractivity contribution is -0.138. The quantitative estimate of drug-likeness (QED) is 0.482. The Hall–Kier alpha value is -3.73. The SMILES string of the molecule is C[C@@H]1CN(c2cc(F)c(-c3ccncc3)cc2NC(=O)c2c[nH]c(=O)cc2C(F)(F)F)C[C@H](C)N1. The fourth-order valence-corrected chi connectivity index (χ4v) is 4.28. The van der Waals surface area contributed by atoms with E-state index in [1.165, 1.54) is 24.5 Å². The van der Waals surface area contributed by atoms with Crippen molar-refractivity contribution in [3.63, 3.8) is 0 Å². The van der Waals surface area contributed by atoms with E-state index in [4.69, 9.17) is 0 Å². The van der Waals surface area contributed by atoms with E-state index >= 15 is 4.39 Å². The minimum Gasteiger partial charge on any atom is -0.367 e. The molecule has 35 heavy (non-hydrogen) atoms. The molecule has 0 unspecified atom stereocenters. The maximum absolute atomic E-state index is 15.2. The van der Waals surface area contributed by atoms with E-state index in [2.05, 4.69) is 20.6 Å². The number of H-pyrrole nitrogens is 1. The summed E-state index contributed by atoms with van der Waals surface area (Å²) in [5, 5.41) is 5.88. The van der Waals surface area contributed by atoms with Crippen LogP contribution in [0, 0.1) is 5.82 Å². The molecule has 184 valence electrons. The number of carbonyl (C=O) groups excluding carboxylic acids is 1. The molecule has 1 aromatic carbocycles. The molecule has 1 aliphatic heterocycles. The van der Waals surface area contributed by atoms with Crippen molar-refractivity contribution in [1.82, 2.24) is 15.3 Å². The third-order valence-electron chi connectivity index (χ3n) is 5.70. The molecule has 1 aliphatic rings. The van der Waals surface area contributed by atoms with Gasteiger partial charge < -0.3 is 20.5 Å². The Morgan fingerprint density at radius 3 is 2.40 bits per heavy atom. The van der Waals surface area contributed by atoms with Crippen molar-refractivity contribution in [2.45, 2.75) is 32.1 Å². The average molecular weight is 489 g/mol. The first-order valence-corrected chi connectivity index (χ1v) is 10.9. The molecule has 3 heterocycles. The molecule has 3 aromatic rings. The normalized spacial score (nSPS) is 18.4. The number of carbonyl (C=O) groups is 1. The van der Waals surface area contributed by atoms with Gasteiger partial charge in [0.25, 0.3) is 5.91 Å². The molecule has 0 radical (unpaired) electrons. The van der Waals surface area contributed by atoms with E-state index in [0.29, 0.717) is 30.4 Å². The standard InChI is InChI=1S/C24H23F4N5O2/c1-13-11-33(12-14(2)31-13)21-9-19(25)16(15-3-5-29-6-4-15)7-20(21)32-23(35)17-10-30-22(34)8-18(17)24(26,27)28/h3-10,13-14,31H,11-12H2,1-2H3,(H,30,34)(H,32,35)/t13-,14+. The maximum atomic E-state index is 15.2. The van der Waals surface area contributed by atoms with E-state index < -0.39 is 34.6 Å². The summed E-state index contributed by atoms with van der Waals surface area (Å²) in [6.07, 6.45) is -1.23. The Morgan fingerprint density at radius 2 is 1.77 bits per heavy atom. The Morgan fingerprint density at radius 1 is 1.11 bits per heavy atom. The van der Waals surface area contributed by atoms with Crippen molar-refractivity contribution >= 4 is 17.3 Å². The molecule has 4 rings (SSSR count). The highest BCUT2D eigenvalue weighted by Crippen LogP contribution is 2.36. The van der Waals surface area contributed by atoms with Crippen LogP contribution < -0.4 is 21.1 Å². The number of amides is 1. The monoisotopic (exact) mass is 489 g/mol. The first-order chi connectivity index (χ1) is 16.5. The number of nitrogens with zero attached hydrogens (tertiary/aromatic N) is 2. The Bertz CT molecular complexity index is 1280. The summed E-state index contributed by atoms with van der Waals surface area (Å²) in [7, 11) is 0. The number of hydrogen-bond donors (Lipinski definition) is 3. The number of nitrogens with one attached hydrogen (secondary N) is 3. The zero-order valence-corrected chi connectivity index (χ0v) is 18.9. The lowest BCUT2D eigenvalue weighted by atomic mass is 10.0. The van der Waals surface area contributed by atoms with Gasteiger partial charge in [-0.1, -0.05) is 0 Å². The summed E-state index contributed by atoms with van der Waals surface area (Å²) in [5.74, 6) is -1.64. The highest BCUT2D eigenvalue weighted by Gasteiger charge is 2.36. The number of benzene rings is 1. The minimum absolute atomic E-state index is 0.0567. The van der Waals surface area contributed by atoms with E-state index in [0.717, 1.165) is 6.20 Å². The zero-order chi connectivity index (χ0) is 25.3. The molecule has 1 fully saturated rings. The summed E-state index contributed by atoms with van der Waals surface area (Å²) in [5.41, 5.74) is -1.97. The lowest BCUT2D eigenvalue weighted by Crippen LogP contribution is -2.54. The van der Waals surface area contributed by atoms with Gasteiger partial charge in [0.2, 0.25) is 5.56 Å². The van der Waals surface area contributed by atoms with Crippen LogP contribution in [-0.4, -0.2) is 41.0 Å². The van der Waals surface area contributed by atoms with E-state index in [-0.39, 0.29) is 23.3 Å². The van der Waals surface area contributed by atoms with Crippen molar-refractivity contribution in [3.8, 4) is 11.1 Å². The van der Waals surface area contributed by atoms with Crippen LogP contribution in [0.5, 0.6) is 0 Å². The predicted octanol–water partition coefficient (Wildman–Crippen LogP) is 4.03. The third kappa shape index (κ3) is 5.35. The molecule has 11 heteroatoms. The van der Waals surface area contributed by atoms with Gasteiger partial charge in [-0.05, 0) is 43.7 Å². The second-order valence-corrected chi connectivity index (χ2v) is 8.54. The minimum atomic E-state index is -4.92. The van der Waals surface area contributed by atoms with Gasteiger partial charge in [-0.25, -0.2) is 4.39 Å². The molecule has 0 aliphatic carbocycles.